The lowest BCUT2D eigenvalue weighted by Gasteiger charge is -2.02. The zero-order valence-electron chi connectivity index (χ0n) is 10.5. The van der Waals surface area contributed by atoms with Crippen molar-refractivity contribution in [1.29, 1.82) is 0 Å². The first kappa shape index (κ1) is 11.9. The monoisotopic (exact) mass is 271 g/mol. The molecule has 19 heavy (non-hydrogen) atoms. The lowest BCUT2D eigenvalue weighted by Crippen LogP contribution is -1.99. The van der Waals surface area contributed by atoms with Crippen LogP contribution in [0.4, 0.5) is 5.69 Å². The molecule has 3 rings (SSSR count). The van der Waals surface area contributed by atoms with Crippen LogP contribution in [0.1, 0.15) is 11.5 Å². The Morgan fingerprint density at radius 3 is 2.79 bits per heavy atom. The van der Waals surface area contributed by atoms with Crippen LogP contribution in [0.15, 0.2) is 45.6 Å². The van der Waals surface area contributed by atoms with Crippen LogP contribution < -0.4 is 5.32 Å². The van der Waals surface area contributed by atoms with Crippen molar-refractivity contribution in [2.75, 3.05) is 5.32 Å². The summed E-state index contributed by atoms with van der Waals surface area (Å²) in [5.41, 5.74) is 3.28. The lowest BCUT2D eigenvalue weighted by molar-refractivity contribution is 0.384. The summed E-state index contributed by atoms with van der Waals surface area (Å²) in [7, 11) is 0. The molecule has 5 heteroatoms. The van der Waals surface area contributed by atoms with Gasteiger partial charge in [0.15, 0.2) is 0 Å². The minimum Gasteiger partial charge on any atom is -0.376 e. The molecular weight excluding hydrogens is 258 g/mol. The highest BCUT2D eigenvalue weighted by Gasteiger charge is 2.08. The summed E-state index contributed by atoms with van der Waals surface area (Å²) in [5.74, 6) is 1.23. The van der Waals surface area contributed by atoms with Crippen LogP contribution in [0, 0.1) is 6.92 Å². The molecule has 96 valence electrons. The van der Waals surface area contributed by atoms with Gasteiger partial charge in [0.05, 0.1) is 6.54 Å². The number of aryl methyl sites for hydroxylation is 1. The Balaban J connectivity index is 1.66. The second-order valence-electron chi connectivity index (χ2n) is 4.24. The molecule has 0 atom stereocenters. The third-order valence-corrected chi connectivity index (χ3v) is 3.43. The van der Waals surface area contributed by atoms with Crippen molar-refractivity contribution in [1.82, 2.24) is 10.1 Å². The van der Waals surface area contributed by atoms with Gasteiger partial charge in [-0.05, 0) is 30.5 Å². The fourth-order valence-electron chi connectivity index (χ4n) is 1.68. The van der Waals surface area contributed by atoms with Crippen molar-refractivity contribution in [3.05, 3.63) is 52.5 Å². The SMILES string of the molecule is Cc1ccc(NCc2nc(-c3ccsc3)no2)cc1. The minimum atomic E-state index is 0.528. The molecule has 3 aromatic rings. The highest BCUT2D eigenvalue weighted by atomic mass is 32.1. The Hall–Kier alpha value is -2.14. The second-order valence-corrected chi connectivity index (χ2v) is 5.02. The normalized spacial score (nSPS) is 10.6. The smallest absolute Gasteiger partial charge is 0.246 e. The van der Waals surface area contributed by atoms with E-state index >= 15 is 0 Å². The molecular formula is C14H13N3OS. The summed E-state index contributed by atoms with van der Waals surface area (Å²) in [6.07, 6.45) is 0. The average molecular weight is 271 g/mol. The van der Waals surface area contributed by atoms with E-state index in [1.165, 1.54) is 5.56 Å². The fraction of sp³-hybridized carbons (Fsp3) is 0.143. The van der Waals surface area contributed by atoms with Crippen LogP contribution in [-0.2, 0) is 6.54 Å². The zero-order valence-corrected chi connectivity index (χ0v) is 11.3. The van der Waals surface area contributed by atoms with E-state index in [-0.39, 0.29) is 0 Å². The number of hydrogen-bond donors (Lipinski definition) is 1. The van der Waals surface area contributed by atoms with Crippen LogP contribution in [0.5, 0.6) is 0 Å². The minimum absolute atomic E-state index is 0.528. The van der Waals surface area contributed by atoms with Gasteiger partial charge in [0.25, 0.3) is 0 Å². The highest BCUT2D eigenvalue weighted by molar-refractivity contribution is 7.08. The van der Waals surface area contributed by atoms with Gasteiger partial charge in [-0.3, -0.25) is 0 Å². The number of anilines is 1. The summed E-state index contributed by atoms with van der Waals surface area (Å²) >= 11 is 1.62. The summed E-state index contributed by atoms with van der Waals surface area (Å²) in [6, 6.07) is 10.2. The predicted octanol–water partition coefficient (Wildman–Crippen LogP) is 3.72. The molecule has 0 aliphatic rings. The third kappa shape index (κ3) is 2.82. The molecule has 0 aliphatic carbocycles. The number of benzene rings is 1. The van der Waals surface area contributed by atoms with Crippen LogP contribution >= 0.6 is 11.3 Å². The maximum absolute atomic E-state index is 5.21. The maximum atomic E-state index is 5.21. The zero-order chi connectivity index (χ0) is 13.1. The first-order chi connectivity index (χ1) is 9.31. The Morgan fingerprint density at radius 1 is 1.21 bits per heavy atom. The van der Waals surface area contributed by atoms with Crippen molar-refractivity contribution in [2.45, 2.75) is 13.5 Å². The molecule has 2 heterocycles. The molecule has 2 aromatic heterocycles. The van der Waals surface area contributed by atoms with Crippen LogP contribution in [-0.4, -0.2) is 10.1 Å². The number of thiophene rings is 1. The molecule has 0 saturated carbocycles. The summed E-state index contributed by atoms with van der Waals surface area (Å²) < 4.78 is 5.21. The van der Waals surface area contributed by atoms with Crippen molar-refractivity contribution in [3.8, 4) is 11.4 Å². The number of rotatable bonds is 4. The van der Waals surface area contributed by atoms with E-state index in [1.807, 2.05) is 29.0 Å². The van der Waals surface area contributed by atoms with Gasteiger partial charge in [0, 0.05) is 16.6 Å². The van der Waals surface area contributed by atoms with Gasteiger partial charge in [-0.1, -0.05) is 22.9 Å². The van der Waals surface area contributed by atoms with Gasteiger partial charge in [-0.25, -0.2) is 0 Å². The van der Waals surface area contributed by atoms with Crippen LogP contribution in [0.25, 0.3) is 11.4 Å². The first-order valence-corrected chi connectivity index (χ1v) is 6.91. The predicted molar refractivity (Wildman–Crippen MR) is 76.1 cm³/mol. The second kappa shape index (κ2) is 5.24. The molecule has 1 aromatic carbocycles. The van der Waals surface area contributed by atoms with E-state index in [4.69, 9.17) is 4.52 Å². The number of aromatic nitrogens is 2. The van der Waals surface area contributed by atoms with Crippen molar-refractivity contribution in [3.63, 3.8) is 0 Å². The van der Waals surface area contributed by atoms with E-state index in [0.717, 1.165) is 11.3 Å². The van der Waals surface area contributed by atoms with E-state index < -0.39 is 0 Å². The molecule has 0 aliphatic heterocycles. The van der Waals surface area contributed by atoms with Gasteiger partial charge < -0.3 is 9.84 Å². The molecule has 4 nitrogen and oxygen atoms in total. The number of nitrogens with zero attached hydrogens (tertiary/aromatic N) is 2. The third-order valence-electron chi connectivity index (χ3n) is 2.74. The van der Waals surface area contributed by atoms with Crippen molar-refractivity contribution >= 4 is 17.0 Å². The Bertz CT molecular complexity index is 644. The average Bonchev–Trinajstić information content (AvgIpc) is 3.09. The van der Waals surface area contributed by atoms with Crippen LogP contribution in [0.2, 0.25) is 0 Å². The summed E-state index contributed by atoms with van der Waals surface area (Å²) in [5, 5.41) is 11.2. The number of hydrogen-bond acceptors (Lipinski definition) is 5. The van der Waals surface area contributed by atoms with Gasteiger partial charge in [0.1, 0.15) is 0 Å². The summed E-state index contributed by atoms with van der Waals surface area (Å²) in [6.45, 7) is 2.59. The molecule has 0 bridgehead atoms. The Kier molecular flexibility index (Phi) is 3.29. The van der Waals surface area contributed by atoms with E-state index in [0.29, 0.717) is 18.3 Å². The van der Waals surface area contributed by atoms with E-state index in [1.54, 1.807) is 11.3 Å². The fourth-order valence-corrected chi connectivity index (χ4v) is 2.32. The van der Waals surface area contributed by atoms with Gasteiger partial charge in [0.2, 0.25) is 11.7 Å². The van der Waals surface area contributed by atoms with E-state index in [2.05, 4.69) is 34.5 Å². The molecule has 0 spiro atoms. The van der Waals surface area contributed by atoms with Crippen LogP contribution in [0.3, 0.4) is 0 Å². The molecule has 0 saturated heterocycles. The standard InChI is InChI=1S/C14H13N3OS/c1-10-2-4-12(5-3-10)15-8-13-16-14(17-18-13)11-6-7-19-9-11/h2-7,9,15H,8H2,1H3. The molecule has 1 N–H and O–H groups in total. The Labute approximate surface area is 115 Å². The van der Waals surface area contributed by atoms with Gasteiger partial charge in [-0.15, -0.1) is 0 Å². The quantitative estimate of drug-likeness (QED) is 0.785. The molecule has 0 fully saturated rings. The van der Waals surface area contributed by atoms with Crippen molar-refractivity contribution in [2.24, 2.45) is 0 Å². The molecule has 0 unspecified atom stereocenters. The molecule has 0 amide bonds. The number of nitrogens with one attached hydrogen (secondary N) is 1. The summed E-state index contributed by atoms with van der Waals surface area (Å²) in [4.78, 5) is 4.35. The molecule has 0 radical (unpaired) electrons. The van der Waals surface area contributed by atoms with E-state index in [9.17, 15) is 0 Å². The van der Waals surface area contributed by atoms with Gasteiger partial charge in [-0.2, -0.15) is 16.3 Å². The largest absolute Gasteiger partial charge is 0.376 e. The highest BCUT2D eigenvalue weighted by Crippen LogP contribution is 2.19. The first-order valence-electron chi connectivity index (χ1n) is 5.97. The lowest BCUT2D eigenvalue weighted by atomic mass is 10.2. The maximum Gasteiger partial charge on any atom is 0.246 e. The van der Waals surface area contributed by atoms with Gasteiger partial charge >= 0.3 is 0 Å². The van der Waals surface area contributed by atoms with Crippen molar-refractivity contribution < 1.29 is 4.52 Å². The topological polar surface area (TPSA) is 51.0 Å². The Morgan fingerprint density at radius 2 is 2.05 bits per heavy atom.